The number of hydrogen-bond donors (Lipinski definition) is 2. The Hall–Kier alpha value is -0.720. The molecule has 0 saturated heterocycles. The Kier molecular flexibility index (Phi) is 6.29. The van der Waals surface area contributed by atoms with Gasteiger partial charge in [-0.05, 0) is 46.7 Å². The van der Waals surface area contributed by atoms with Gasteiger partial charge in [-0.3, -0.25) is 0 Å². The maximum Gasteiger partial charge on any atom is 0.171 e. The third-order valence-electron chi connectivity index (χ3n) is 1.78. The number of thiocarbonyl (C=S) groups is 1. The Labute approximate surface area is 109 Å². The van der Waals surface area contributed by atoms with Crippen LogP contribution in [0.3, 0.4) is 0 Å². The summed E-state index contributed by atoms with van der Waals surface area (Å²) < 4.78 is 5.88. The lowest BCUT2D eigenvalue weighted by Crippen LogP contribution is -2.30. The van der Waals surface area contributed by atoms with Crippen molar-refractivity contribution in [2.45, 2.75) is 6.42 Å². The molecule has 0 bridgehead atoms. The molecule has 0 atom stereocenters. The molecule has 1 aromatic rings. The number of nitrogens with one attached hydrogen (secondary N) is 2. The number of nitrogens with zero attached hydrogens (tertiary/aromatic N) is 1. The van der Waals surface area contributed by atoms with Gasteiger partial charge < -0.3 is 15.4 Å². The van der Waals surface area contributed by atoms with Crippen LogP contribution in [-0.4, -0.2) is 30.4 Å². The van der Waals surface area contributed by atoms with E-state index < -0.39 is 0 Å². The van der Waals surface area contributed by atoms with Crippen LogP contribution in [0.25, 0.3) is 0 Å². The molecule has 0 aliphatic heterocycles. The van der Waals surface area contributed by atoms with Crippen LogP contribution in [0.4, 0.5) is 5.82 Å². The number of rotatable bonds is 5. The molecule has 0 radical (unpaired) electrons. The number of pyridine rings is 1. The maximum atomic E-state index is 5.10. The van der Waals surface area contributed by atoms with Gasteiger partial charge in [-0.15, -0.1) is 0 Å². The molecule has 0 saturated carbocycles. The molecule has 4 nitrogen and oxygen atoms in total. The van der Waals surface area contributed by atoms with Gasteiger partial charge in [0.25, 0.3) is 0 Å². The third kappa shape index (κ3) is 5.39. The van der Waals surface area contributed by atoms with E-state index in [9.17, 15) is 0 Å². The highest BCUT2D eigenvalue weighted by molar-refractivity contribution is 9.10. The first-order valence-corrected chi connectivity index (χ1v) is 6.08. The maximum absolute atomic E-state index is 5.10. The van der Waals surface area contributed by atoms with Gasteiger partial charge in [0.1, 0.15) is 5.82 Å². The molecule has 2 N–H and O–H groups in total. The van der Waals surface area contributed by atoms with Gasteiger partial charge in [0, 0.05) is 30.9 Å². The summed E-state index contributed by atoms with van der Waals surface area (Å²) >= 11 is 8.42. The lowest BCUT2D eigenvalue weighted by molar-refractivity contribution is 0.196. The Bertz CT molecular complexity index is 331. The molecular weight excluding hydrogens is 290 g/mol. The summed E-state index contributed by atoms with van der Waals surface area (Å²) in [5.41, 5.74) is 0. The zero-order chi connectivity index (χ0) is 11.8. The van der Waals surface area contributed by atoms with Gasteiger partial charge in [0.2, 0.25) is 0 Å². The molecule has 88 valence electrons. The van der Waals surface area contributed by atoms with E-state index in [4.69, 9.17) is 17.0 Å². The van der Waals surface area contributed by atoms with Crippen molar-refractivity contribution in [2.24, 2.45) is 0 Å². The molecule has 1 aromatic heterocycles. The van der Waals surface area contributed by atoms with Crippen LogP contribution < -0.4 is 10.6 Å². The van der Waals surface area contributed by atoms with Crippen LogP contribution in [0.2, 0.25) is 0 Å². The highest BCUT2D eigenvalue weighted by atomic mass is 79.9. The van der Waals surface area contributed by atoms with E-state index in [2.05, 4.69) is 31.5 Å². The van der Waals surface area contributed by atoms with Crippen molar-refractivity contribution in [1.29, 1.82) is 0 Å². The van der Waals surface area contributed by atoms with Crippen molar-refractivity contribution in [3.63, 3.8) is 0 Å². The van der Waals surface area contributed by atoms with Crippen molar-refractivity contribution in [1.82, 2.24) is 10.3 Å². The Morgan fingerprint density at radius 3 is 3.00 bits per heavy atom. The van der Waals surface area contributed by atoms with Crippen LogP contribution in [0.5, 0.6) is 0 Å². The molecule has 1 heterocycles. The summed E-state index contributed by atoms with van der Waals surface area (Å²) in [5, 5.41) is 6.64. The monoisotopic (exact) mass is 303 g/mol. The van der Waals surface area contributed by atoms with Gasteiger partial charge >= 0.3 is 0 Å². The van der Waals surface area contributed by atoms with E-state index in [-0.39, 0.29) is 0 Å². The summed E-state index contributed by atoms with van der Waals surface area (Å²) in [5.74, 6) is 0.729. The Balaban J connectivity index is 2.26. The SMILES string of the molecule is COCCCNC(=S)Nc1ccc(Br)cn1. The number of aromatic nitrogens is 1. The highest BCUT2D eigenvalue weighted by Crippen LogP contribution is 2.10. The molecule has 0 aliphatic rings. The van der Waals surface area contributed by atoms with Gasteiger partial charge in [-0.2, -0.15) is 0 Å². The van der Waals surface area contributed by atoms with Crippen LogP contribution in [0, 0.1) is 0 Å². The molecule has 1 rings (SSSR count). The number of anilines is 1. The van der Waals surface area contributed by atoms with E-state index >= 15 is 0 Å². The Morgan fingerprint density at radius 2 is 2.38 bits per heavy atom. The first-order valence-electron chi connectivity index (χ1n) is 4.87. The van der Waals surface area contributed by atoms with Crippen molar-refractivity contribution < 1.29 is 4.74 Å². The van der Waals surface area contributed by atoms with Crippen molar-refractivity contribution >= 4 is 39.1 Å². The van der Waals surface area contributed by atoms with Gasteiger partial charge in [0.15, 0.2) is 5.11 Å². The van der Waals surface area contributed by atoms with Crippen LogP contribution >= 0.6 is 28.1 Å². The molecule has 0 aliphatic carbocycles. The second-order valence-electron chi connectivity index (χ2n) is 3.09. The molecule has 16 heavy (non-hydrogen) atoms. The van der Waals surface area contributed by atoms with Gasteiger partial charge in [0.05, 0.1) is 0 Å². The quantitative estimate of drug-likeness (QED) is 0.645. The van der Waals surface area contributed by atoms with E-state index in [0.29, 0.717) is 5.11 Å². The molecule has 0 fully saturated rings. The molecule has 0 spiro atoms. The topological polar surface area (TPSA) is 46.2 Å². The number of halogens is 1. The fourth-order valence-corrected chi connectivity index (χ4v) is 1.47. The summed E-state index contributed by atoms with van der Waals surface area (Å²) in [7, 11) is 1.68. The van der Waals surface area contributed by atoms with Crippen LogP contribution in [0.1, 0.15) is 6.42 Å². The first-order chi connectivity index (χ1) is 7.72. The van der Waals surface area contributed by atoms with E-state index in [1.165, 1.54) is 0 Å². The molecule has 0 unspecified atom stereocenters. The number of methoxy groups -OCH3 is 1. The molecule has 6 heteroatoms. The second kappa shape index (κ2) is 7.54. The zero-order valence-electron chi connectivity index (χ0n) is 9.00. The zero-order valence-corrected chi connectivity index (χ0v) is 11.4. The fourth-order valence-electron chi connectivity index (χ4n) is 1.03. The van der Waals surface area contributed by atoms with Crippen molar-refractivity contribution in [3.8, 4) is 0 Å². The fraction of sp³-hybridized carbons (Fsp3) is 0.400. The highest BCUT2D eigenvalue weighted by Gasteiger charge is 1.97. The van der Waals surface area contributed by atoms with E-state index in [1.54, 1.807) is 13.3 Å². The predicted octanol–water partition coefficient (Wildman–Crippen LogP) is 2.17. The second-order valence-corrected chi connectivity index (χ2v) is 4.41. The summed E-state index contributed by atoms with van der Waals surface area (Å²) in [6.45, 7) is 1.52. The molecule has 0 aromatic carbocycles. The average Bonchev–Trinajstić information content (AvgIpc) is 2.28. The first kappa shape index (κ1) is 13.3. The van der Waals surface area contributed by atoms with Crippen molar-refractivity contribution in [2.75, 3.05) is 25.6 Å². The molecule has 0 amide bonds. The van der Waals surface area contributed by atoms with Crippen molar-refractivity contribution in [3.05, 3.63) is 22.8 Å². The minimum atomic E-state index is 0.575. The lowest BCUT2D eigenvalue weighted by atomic mass is 10.4. The van der Waals surface area contributed by atoms with Crippen LogP contribution in [0.15, 0.2) is 22.8 Å². The standard InChI is InChI=1S/C10H14BrN3OS/c1-15-6-2-5-12-10(16)14-9-4-3-8(11)7-13-9/h3-4,7H,2,5-6H2,1H3,(H2,12,13,14,16). The lowest BCUT2D eigenvalue weighted by Gasteiger charge is -2.09. The third-order valence-corrected chi connectivity index (χ3v) is 2.50. The summed E-state index contributed by atoms with van der Waals surface area (Å²) in [6, 6.07) is 3.76. The summed E-state index contributed by atoms with van der Waals surface area (Å²) in [4.78, 5) is 4.15. The predicted molar refractivity (Wildman–Crippen MR) is 72.7 cm³/mol. The minimum Gasteiger partial charge on any atom is -0.385 e. The largest absolute Gasteiger partial charge is 0.385 e. The van der Waals surface area contributed by atoms with Crippen LogP contribution in [-0.2, 0) is 4.74 Å². The van der Waals surface area contributed by atoms with E-state index in [0.717, 1.165) is 29.9 Å². The number of hydrogen-bond acceptors (Lipinski definition) is 3. The minimum absolute atomic E-state index is 0.575. The van der Waals surface area contributed by atoms with Gasteiger partial charge in [-0.1, -0.05) is 0 Å². The summed E-state index contributed by atoms with van der Waals surface area (Å²) in [6.07, 6.45) is 2.64. The van der Waals surface area contributed by atoms with Gasteiger partial charge in [-0.25, -0.2) is 4.98 Å². The normalized spacial score (nSPS) is 9.88. The smallest absolute Gasteiger partial charge is 0.171 e. The van der Waals surface area contributed by atoms with E-state index in [1.807, 2.05) is 12.1 Å². The number of ether oxygens (including phenoxy) is 1. The average molecular weight is 304 g/mol. The molecular formula is C10H14BrN3OS. The Morgan fingerprint density at radius 1 is 1.56 bits per heavy atom.